The van der Waals surface area contributed by atoms with Gasteiger partial charge in [0.05, 0.1) is 12.7 Å². The number of aromatic carboxylic acids is 1. The van der Waals surface area contributed by atoms with E-state index in [2.05, 4.69) is 0 Å². The van der Waals surface area contributed by atoms with Gasteiger partial charge in [-0.25, -0.2) is 4.79 Å². The maximum Gasteiger partial charge on any atom is 0.349 e. The number of thiophene rings is 1. The Labute approximate surface area is 126 Å². The zero-order valence-electron chi connectivity index (χ0n) is 11.5. The number of rotatable bonds is 5. The molecule has 1 heterocycles. The van der Waals surface area contributed by atoms with Crippen molar-refractivity contribution < 1.29 is 19.4 Å². The fourth-order valence-corrected chi connectivity index (χ4v) is 2.62. The minimum atomic E-state index is -1.000. The largest absolute Gasteiger partial charge is 0.495 e. The molecule has 0 saturated heterocycles. The molecule has 2 aromatic rings. The van der Waals surface area contributed by atoms with Gasteiger partial charge in [-0.05, 0) is 30.7 Å². The molecular formula is C15H13NO4S. The molecule has 0 fully saturated rings. The van der Waals surface area contributed by atoms with E-state index in [4.69, 9.17) is 19.8 Å². The molecule has 0 atom stereocenters. The number of carboxylic acid groups (broad SMARTS) is 1. The lowest BCUT2D eigenvalue weighted by Crippen LogP contribution is -2.00. The van der Waals surface area contributed by atoms with Crippen molar-refractivity contribution in [1.29, 1.82) is 5.26 Å². The first-order valence-corrected chi connectivity index (χ1v) is 6.90. The fraction of sp³-hybridized carbons (Fsp3) is 0.200. The maximum atomic E-state index is 11.1. The highest BCUT2D eigenvalue weighted by molar-refractivity contribution is 7.14. The summed E-state index contributed by atoms with van der Waals surface area (Å²) in [4.78, 5) is 12.2. The van der Waals surface area contributed by atoms with E-state index < -0.39 is 5.97 Å². The highest BCUT2D eigenvalue weighted by atomic mass is 32.1. The lowest BCUT2D eigenvalue weighted by atomic mass is 10.1. The van der Waals surface area contributed by atoms with Crippen molar-refractivity contribution in [3.8, 4) is 17.6 Å². The number of hydrogen-bond acceptors (Lipinski definition) is 5. The Morgan fingerprint density at radius 2 is 2.14 bits per heavy atom. The SMILES string of the molecule is COc1cc(COc2cc(C)sc2C(=O)O)ccc1C#N. The average molecular weight is 303 g/mol. The first-order chi connectivity index (χ1) is 10.0. The Morgan fingerprint density at radius 1 is 1.38 bits per heavy atom. The second-order valence-corrected chi connectivity index (χ2v) is 5.55. The van der Waals surface area contributed by atoms with E-state index in [-0.39, 0.29) is 11.5 Å². The summed E-state index contributed by atoms with van der Waals surface area (Å²) in [5.74, 6) is -0.174. The average Bonchev–Trinajstić information content (AvgIpc) is 2.86. The lowest BCUT2D eigenvalue weighted by molar-refractivity contribution is 0.0697. The second-order valence-electron chi connectivity index (χ2n) is 4.29. The minimum Gasteiger partial charge on any atom is -0.495 e. The molecule has 0 aliphatic heterocycles. The number of aryl methyl sites for hydroxylation is 1. The van der Waals surface area contributed by atoms with Crippen molar-refractivity contribution in [1.82, 2.24) is 0 Å². The molecule has 1 aromatic carbocycles. The summed E-state index contributed by atoms with van der Waals surface area (Å²) in [6.07, 6.45) is 0. The Balaban J connectivity index is 2.17. The van der Waals surface area contributed by atoms with Gasteiger partial charge in [0.2, 0.25) is 0 Å². The highest BCUT2D eigenvalue weighted by Crippen LogP contribution is 2.30. The van der Waals surface area contributed by atoms with Crippen LogP contribution in [-0.2, 0) is 6.61 Å². The smallest absolute Gasteiger partial charge is 0.349 e. The molecule has 1 aromatic heterocycles. The van der Waals surface area contributed by atoms with E-state index in [1.807, 2.05) is 13.0 Å². The van der Waals surface area contributed by atoms with E-state index >= 15 is 0 Å². The van der Waals surface area contributed by atoms with Crippen molar-refractivity contribution in [2.75, 3.05) is 7.11 Å². The first-order valence-electron chi connectivity index (χ1n) is 6.08. The monoisotopic (exact) mass is 303 g/mol. The molecule has 0 spiro atoms. The van der Waals surface area contributed by atoms with Gasteiger partial charge < -0.3 is 14.6 Å². The van der Waals surface area contributed by atoms with Gasteiger partial charge in [-0.1, -0.05) is 6.07 Å². The van der Waals surface area contributed by atoms with Crippen LogP contribution in [0.25, 0.3) is 0 Å². The van der Waals surface area contributed by atoms with Gasteiger partial charge >= 0.3 is 5.97 Å². The van der Waals surface area contributed by atoms with E-state index in [0.717, 1.165) is 10.4 Å². The molecule has 21 heavy (non-hydrogen) atoms. The predicted octanol–water partition coefficient (Wildman–Crippen LogP) is 3.21. The van der Waals surface area contributed by atoms with Crippen LogP contribution in [0.3, 0.4) is 0 Å². The molecule has 2 rings (SSSR count). The topological polar surface area (TPSA) is 79.6 Å². The van der Waals surface area contributed by atoms with Crippen LogP contribution in [0.2, 0.25) is 0 Å². The van der Waals surface area contributed by atoms with Crippen LogP contribution in [0.5, 0.6) is 11.5 Å². The normalized spacial score (nSPS) is 9.95. The minimum absolute atomic E-state index is 0.188. The number of methoxy groups -OCH3 is 1. The van der Waals surface area contributed by atoms with Crippen LogP contribution >= 0.6 is 11.3 Å². The van der Waals surface area contributed by atoms with Crippen molar-refractivity contribution in [3.63, 3.8) is 0 Å². The number of carbonyl (C=O) groups is 1. The molecule has 0 amide bonds. The van der Waals surface area contributed by atoms with Crippen LogP contribution < -0.4 is 9.47 Å². The molecule has 0 unspecified atom stereocenters. The summed E-state index contributed by atoms with van der Waals surface area (Å²) in [6.45, 7) is 2.03. The van der Waals surface area contributed by atoms with Crippen LogP contribution in [0.4, 0.5) is 0 Å². The van der Waals surface area contributed by atoms with Gasteiger partial charge in [-0.2, -0.15) is 5.26 Å². The van der Waals surface area contributed by atoms with E-state index in [9.17, 15) is 4.79 Å². The number of ether oxygens (including phenoxy) is 2. The maximum absolute atomic E-state index is 11.1. The third-order valence-corrected chi connectivity index (χ3v) is 3.82. The number of hydrogen-bond donors (Lipinski definition) is 1. The summed E-state index contributed by atoms with van der Waals surface area (Å²) in [7, 11) is 1.49. The molecule has 5 nitrogen and oxygen atoms in total. The second kappa shape index (κ2) is 6.29. The quantitative estimate of drug-likeness (QED) is 0.917. The van der Waals surface area contributed by atoms with Crippen LogP contribution in [-0.4, -0.2) is 18.2 Å². The zero-order chi connectivity index (χ0) is 15.4. The van der Waals surface area contributed by atoms with Gasteiger partial charge in [0.25, 0.3) is 0 Å². The van der Waals surface area contributed by atoms with E-state index in [1.54, 1.807) is 24.3 Å². The van der Waals surface area contributed by atoms with Crippen molar-refractivity contribution in [2.45, 2.75) is 13.5 Å². The van der Waals surface area contributed by atoms with Gasteiger partial charge in [0.1, 0.15) is 24.2 Å². The molecule has 0 radical (unpaired) electrons. The van der Waals surface area contributed by atoms with Gasteiger partial charge in [-0.3, -0.25) is 0 Å². The Kier molecular flexibility index (Phi) is 4.45. The molecule has 6 heteroatoms. The zero-order valence-corrected chi connectivity index (χ0v) is 12.4. The fourth-order valence-electron chi connectivity index (χ4n) is 1.83. The summed E-state index contributed by atoms with van der Waals surface area (Å²) in [5.41, 5.74) is 1.24. The summed E-state index contributed by atoms with van der Waals surface area (Å²) in [6, 6.07) is 8.84. The summed E-state index contributed by atoms with van der Waals surface area (Å²) >= 11 is 1.18. The summed E-state index contributed by atoms with van der Waals surface area (Å²) < 4.78 is 10.7. The molecule has 0 bridgehead atoms. The van der Waals surface area contributed by atoms with Crippen molar-refractivity contribution >= 4 is 17.3 Å². The molecule has 0 saturated carbocycles. The van der Waals surface area contributed by atoms with E-state index in [1.165, 1.54) is 18.4 Å². The standard InChI is InChI=1S/C15H13NO4S/c1-9-5-13(14(21-9)15(17)18)20-8-10-3-4-11(7-16)12(6-10)19-2/h3-6H,8H2,1-2H3,(H,17,18). The third kappa shape index (κ3) is 3.33. The predicted molar refractivity (Wildman–Crippen MR) is 78.1 cm³/mol. The Bertz CT molecular complexity index is 715. The van der Waals surface area contributed by atoms with Crippen LogP contribution in [0.15, 0.2) is 24.3 Å². The van der Waals surface area contributed by atoms with Crippen molar-refractivity contribution in [3.05, 3.63) is 45.1 Å². The number of nitriles is 1. The molecule has 108 valence electrons. The molecular weight excluding hydrogens is 290 g/mol. The first kappa shape index (κ1) is 14.9. The number of benzene rings is 1. The summed E-state index contributed by atoms with van der Waals surface area (Å²) in [5, 5.41) is 18.0. The van der Waals surface area contributed by atoms with Gasteiger partial charge in [-0.15, -0.1) is 11.3 Å². The van der Waals surface area contributed by atoms with Gasteiger partial charge in [0, 0.05) is 4.88 Å². The Morgan fingerprint density at radius 3 is 2.76 bits per heavy atom. The van der Waals surface area contributed by atoms with Gasteiger partial charge in [0.15, 0.2) is 4.88 Å². The van der Waals surface area contributed by atoms with Crippen LogP contribution in [0.1, 0.15) is 25.7 Å². The van der Waals surface area contributed by atoms with E-state index in [0.29, 0.717) is 17.1 Å². The highest BCUT2D eigenvalue weighted by Gasteiger charge is 2.15. The molecule has 0 aliphatic rings. The number of nitrogens with zero attached hydrogens (tertiary/aromatic N) is 1. The third-order valence-electron chi connectivity index (χ3n) is 2.80. The number of carboxylic acids is 1. The van der Waals surface area contributed by atoms with Crippen LogP contribution in [0, 0.1) is 18.3 Å². The molecule has 1 N–H and O–H groups in total. The van der Waals surface area contributed by atoms with Crippen molar-refractivity contribution in [2.24, 2.45) is 0 Å². The Hall–Kier alpha value is -2.52. The molecule has 0 aliphatic carbocycles. The lowest BCUT2D eigenvalue weighted by Gasteiger charge is -2.08.